The van der Waals surface area contributed by atoms with Crippen LogP contribution < -0.4 is 5.32 Å². The Bertz CT molecular complexity index is 1010. The molecule has 0 saturated heterocycles. The van der Waals surface area contributed by atoms with E-state index in [-0.39, 0.29) is 6.10 Å². The van der Waals surface area contributed by atoms with Gasteiger partial charge in [-0.15, -0.1) is 10.2 Å². The third-order valence-electron chi connectivity index (χ3n) is 5.74. The molecule has 2 aromatic heterocycles. The summed E-state index contributed by atoms with van der Waals surface area (Å²) < 4.78 is 41.0. The Hall–Kier alpha value is -2.61. The summed E-state index contributed by atoms with van der Waals surface area (Å²) in [5, 5.41) is 21.3. The predicted octanol–water partition coefficient (Wildman–Crippen LogP) is 5.16. The maximum Gasteiger partial charge on any atom is 0.416 e. The molecule has 0 radical (unpaired) electrons. The van der Waals surface area contributed by atoms with Crippen molar-refractivity contribution in [1.82, 2.24) is 14.6 Å². The first kappa shape index (κ1) is 20.7. The predicted molar refractivity (Wildman–Crippen MR) is 109 cm³/mol. The average molecular weight is 418 g/mol. The minimum Gasteiger partial charge on any atom is -0.393 e. The van der Waals surface area contributed by atoms with Crippen LogP contribution in [0.3, 0.4) is 0 Å². The fourth-order valence-corrected chi connectivity index (χ4v) is 4.27. The van der Waals surface area contributed by atoms with Crippen LogP contribution in [0.4, 0.5) is 18.9 Å². The average Bonchev–Trinajstić information content (AvgIpc) is 3.12. The number of aromatic nitrogens is 3. The number of aliphatic hydroxyl groups is 1. The molecule has 5 nitrogen and oxygen atoms in total. The molecular weight excluding hydrogens is 393 g/mol. The van der Waals surface area contributed by atoms with Gasteiger partial charge < -0.3 is 10.4 Å². The fraction of sp³-hybridized carbons (Fsp3) is 0.455. The van der Waals surface area contributed by atoms with Crippen LogP contribution >= 0.6 is 0 Å². The molecule has 0 spiro atoms. The summed E-state index contributed by atoms with van der Waals surface area (Å²) in [6, 6.07) is 9.20. The van der Waals surface area contributed by atoms with Gasteiger partial charge in [-0.1, -0.05) is 12.1 Å². The van der Waals surface area contributed by atoms with Crippen LogP contribution in [0.15, 0.2) is 42.6 Å². The summed E-state index contributed by atoms with van der Waals surface area (Å²) in [6.45, 7) is 1.83. The van der Waals surface area contributed by atoms with Gasteiger partial charge in [-0.05, 0) is 69.2 Å². The standard InChI is InChI=1S/C22H25F3N4O/c1-14(30)11-15-5-7-18(8-6-15)26-19-9-10-20-27-28-21(29(20)13-19)16-3-2-4-17(12-16)22(23,24)25/h2-4,9-10,12-15,18,26,30H,5-8,11H2,1H3/t14?,15-,18-. The summed E-state index contributed by atoms with van der Waals surface area (Å²) in [7, 11) is 0. The number of anilines is 1. The Kier molecular flexibility index (Phi) is 5.69. The maximum atomic E-state index is 13.1. The number of hydrogen-bond acceptors (Lipinski definition) is 4. The number of alkyl halides is 3. The van der Waals surface area contributed by atoms with E-state index in [1.165, 1.54) is 6.07 Å². The van der Waals surface area contributed by atoms with Gasteiger partial charge in [0.2, 0.25) is 0 Å². The van der Waals surface area contributed by atoms with Crippen LogP contribution in [0.1, 0.15) is 44.6 Å². The third-order valence-corrected chi connectivity index (χ3v) is 5.74. The van der Waals surface area contributed by atoms with E-state index in [2.05, 4.69) is 15.5 Å². The smallest absolute Gasteiger partial charge is 0.393 e. The van der Waals surface area contributed by atoms with Crippen molar-refractivity contribution < 1.29 is 18.3 Å². The zero-order valence-electron chi connectivity index (χ0n) is 16.7. The molecular formula is C22H25F3N4O. The highest BCUT2D eigenvalue weighted by Gasteiger charge is 2.30. The van der Waals surface area contributed by atoms with Crippen LogP contribution in [-0.2, 0) is 6.18 Å². The van der Waals surface area contributed by atoms with Crippen LogP contribution in [0.5, 0.6) is 0 Å². The van der Waals surface area contributed by atoms with Gasteiger partial charge in [0.1, 0.15) is 0 Å². The molecule has 4 rings (SSSR count). The van der Waals surface area contributed by atoms with E-state index in [4.69, 9.17) is 0 Å². The van der Waals surface area contributed by atoms with Crippen molar-refractivity contribution in [1.29, 1.82) is 0 Å². The normalized spacial score (nSPS) is 21.0. The lowest BCUT2D eigenvalue weighted by atomic mass is 9.83. The molecule has 3 aromatic rings. The first-order valence-corrected chi connectivity index (χ1v) is 10.3. The second-order valence-corrected chi connectivity index (χ2v) is 8.19. The van der Waals surface area contributed by atoms with Gasteiger partial charge in [-0.3, -0.25) is 4.40 Å². The van der Waals surface area contributed by atoms with Crippen LogP contribution in [0.25, 0.3) is 17.0 Å². The van der Waals surface area contributed by atoms with E-state index < -0.39 is 11.7 Å². The van der Waals surface area contributed by atoms with Crippen molar-refractivity contribution in [3.8, 4) is 11.4 Å². The highest BCUT2D eigenvalue weighted by molar-refractivity contribution is 5.62. The molecule has 160 valence electrons. The molecule has 8 heteroatoms. The van der Waals surface area contributed by atoms with E-state index >= 15 is 0 Å². The Morgan fingerprint density at radius 1 is 1.13 bits per heavy atom. The van der Waals surface area contributed by atoms with E-state index in [0.717, 1.165) is 49.9 Å². The number of halogens is 3. The van der Waals surface area contributed by atoms with E-state index in [1.807, 2.05) is 25.3 Å². The first-order valence-electron chi connectivity index (χ1n) is 10.3. The number of fused-ring (bicyclic) bond motifs is 1. The molecule has 1 aromatic carbocycles. The molecule has 2 N–H and O–H groups in total. The molecule has 1 fully saturated rings. The number of benzene rings is 1. The highest BCUT2D eigenvalue weighted by atomic mass is 19.4. The van der Waals surface area contributed by atoms with Gasteiger partial charge in [-0.2, -0.15) is 13.2 Å². The lowest BCUT2D eigenvalue weighted by Gasteiger charge is -2.30. The topological polar surface area (TPSA) is 62.5 Å². The van der Waals surface area contributed by atoms with Crippen molar-refractivity contribution in [2.45, 2.75) is 57.3 Å². The number of pyridine rings is 1. The summed E-state index contributed by atoms with van der Waals surface area (Å²) in [5.41, 5.74) is 1.12. The van der Waals surface area contributed by atoms with Crippen molar-refractivity contribution >= 4 is 11.3 Å². The zero-order chi connectivity index (χ0) is 21.3. The lowest BCUT2D eigenvalue weighted by Crippen LogP contribution is -2.27. The van der Waals surface area contributed by atoms with Crippen molar-refractivity contribution in [2.24, 2.45) is 5.92 Å². The minimum atomic E-state index is -4.41. The van der Waals surface area contributed by atoms with Crippen molar-refractivity contribution in [3.05, 3.63) is 48.2 Å². The monoisotopic (exact) mass is 418 g/mol. The molecule has 1 unspecified atom stereocenters. The zero-order valence-corrected chi connectivity index (χ0v) is 16.7. The summed E-state index contributed by atoms with van der Waals surface area (Å²) in [4.78, 5) is 0. The molecule has 0 aliphatic heterocycles. The summed E-state index contributed by atoms with van der Waals surface area (Å²) >= 11 is 0. The molecule has 2 heterocycles. The van der Waals surface area contributed by atoms with Crippen LogP contribution in [0, 0.1) is 5.92 Å². The molecule has 1 atom stereocenters. The number of rotatable bonds is 5. The second kappa shape index (κ2) is 8.26. The van der Waals surface area contributed by atoms with Gasteiger partial charge in [0.15, 0.2) is 11.5 Å². The molecule has 1 aliphatic carbocycles. The Morgan fingerprint density at radius 2 is 1.90 bits per heavy atom. The van der Waals surface area contributed by atoms with Gasteiger partial charge in [-0.25, -0.2) is 0 Å². The van der Waals surface area contributed by atoms with E-state index in [1.54, 1.807) is 10.5 Å². The van der Waals surface area contributed by atoms with Gasteiger partial charge in [0.25, 0.3) is 0 Å². The molecule has 0 amide bonds. The SMILES string of the molecule is CC(O)C[C@H]1CC[C@H](Nc2ccc3nnc(-c4cccc(C(F)(F)F)c4)n3c2)CC1. The first-order chi connectivity index (χ1) is 14.3. The highest BCUT2D eigenvalue weighted by Crippen LogP contribution is 2.33. The number of nitrogens with one attached hydrogen (secondary N) is 1. The quantitative estimate of drug-likeness (QED) is 0.601. The van der Waals surface area contributed by atoms with E-state index in [9.17, 15) is 18.3 Å². The number of aliphatic hydroxyl groups excluding tert-OH is 1. The molecule has 1 aliphatic rings. The van der Waals surface area contributed by atoms with Crippen LogP contribution in [0.2, 0.25) is 0 Å². The molecule has 1 saturated carbocycles. The van der Waals surface area contributed by atoms with Gasteiger partial charge in [0.05, 0.1) is 17.4 Å². The lowest BCUT2D eigenvalue weighted by molar-refractivity contribution is -0.137. The fourth-order valence-electron chi connectivity index (χ4n) is 4.27. The number of nitrogens with zero attached hydrogens (tertiary/aromatic N) is 3. The van der Waals surface area contributed by atoms with Crippen LogP contribution in [-0.4, -0.2) is 31.9 Å². The summed E-state index contributed by atoms with van der Waals surface area (Å²) in [5.74, 6) is 0.941. The Labute approximate surface area is 172 Å². The largest absolute Gasteiger partial charge is 0.416 e. The maximum absolute atomic E-state index is 13.1. The van der Waals surface area contributed by atoms with Gasteiger partial charge >= 0.3 is 6.18 Å². The summed E-state index contributed by atoms with van der Waals surface area (Å²) in [6.07, 6.45) is 2.23. The molecule has 30 heavy (non-hydrogen) atoms. The Morgan fingerprint density at radius 3 is 2.60 bits per heavy atom. The molecule has 0 bridgehead atoms. The Balaban J connectivity index is 1.53. The third kappa shape index (κ3) is 4.59. The van der Waals surface area contributed by atoms with Crippen molar-refractivity contribution in [3.63, 3.8) is 0 Å². The van der Waals surface area contributed by atoms with Gasteiger partial charge in [0, 0.05) is 17.8 Å². The second-order valence-electron chi connectivity index (χ2n) is 8.19. The van der Waals surface area contributed by atoms with E-state index in [0.29, 0.717) is 29.0 Å². The number of hydrogen-bond donors (Lipinski definition) is 2. The van der Waals surface area contributed by atoms with Crippen molar-refractivity contribution in [2.75, 3.05) is 5.32 Å². The minimum absolute atomic E-state index is 0.259.